The van der Waals surface area contributed by atoms with Crippen LogP contribution < -0.4 is 5.73 Å². The lowest BCUT2D eigenvalue weighted by molar-refractivity contribution is -0.0102. The van der Waals surface area contributed by atoms with Gasteiger partial charge in [-0.25, -0.2) is 0 Å². The van der Waals surface area contributed by atoms with Crippen molar-refractivity contribution in [2.45, 2.75) is 33.3 Å². The Balaban J connectivity index is 3.28. The first-order chi connectivity index (χ1) is 6.22. The van der Waals surface area contributed by atoms with E-state index < -0.39 is 0 Å². The summed E-state index contributed by atoms with van der Waals surface area (Å²) in [6.45, 7) is 9.06. The fourth-order valence-corrected chi connectivity index (χ4v) is 1.04. The van der Waals surface area contributed by atoms with Crippen LogP contribution in [0.1, 0.15) is 27.2 Å². The van der Waals surface area contributed by atoms with Gasteiger partial charge in [0.1, 0.15) is 0 Å². The molecule has 1 atom stereocenters. The first-order valence-electron chi connectivity index (χ1n) is 5.11. The van der Waals surface area contributed by atoms with Crippen LogP contribution in [0, 0.1) is 5.92 Å². The Morgan fingerprint density at radius 1 is 1.15 bits per heavy atom. The van der Waals surface area contributed by atoms with E-state index in [-0.39, 0.29) is 6.10 Å². The Labute approximate surface area is 81.6 Å². The maximum absolute atomic E-state index is 5.55. The predicted octanol–water partition coefficient (Wildman–Crippen LogP) is 1.41. The molecule has 1 unspecified atom stereocenters. The van der Waals surface area contributed by atoms with Gasteiger partial charge in [0, 0.05) is 13.2 Å². The molecule has 0 spiro atoms. The molecule has 0 bridgehead atoms. The summed E-state index contributed by atoms with van der Waals surface area (Å²) >= 11 is 0. The lowest BCUT2D eigenvalue weighted by Gasteiger charge is -2.19. The highest BCUT2D eigenvalue weighted by molar-refractivity contribution is 4.62. The number of ether oxygens (including phenoxy) is 2. The molecule has 3 heteroatoms. The van der Waals surface area contributed by atoms with Crippen LogP contribution in [0.25, 0.3) is 0 Å². The van der Waals surface area contributed by atoms with Gasteiger partial charge in [-0.3, -0.25) is 0 Å². The summed E-state index contributed by atoms with van der Waals surface area (Å²) in [6.07, 6.45) is 1.23. The van der Waals surface area contributed by atoms with Crippen molar-refractivity contribution >= 4 is 0 Å². The lowest BCUT2D eigenvalue weighted by Crippen LogP contribution is -2.30. The molecular formula is C10H23NO2. The van der Waals surface area contributed by atoms with E-state index in [1.807, 2.05) is 0 Å². The van der Waals surface area contributed by atoms with E-state index >= 15 is 0 Å². The molecule has 0 saturated carbocycles. The van der Waals surface area contributed by atoms with E-state index in [0.29, 0.717) is 25.7 Å². The van der Waals surface area contributed by atoms with Crippen LogP contribution in [0.4, 0.5) is 0 Å². The van der Waals surface area contributed by atoms with Crippen LogP contribution in [0.15, 0.2) is 0 Å². The first-order valence-corrected chi connectivity index (χ1v) is 5.11. The third-order valence-electron chi connectivity index (χ3n) is 1.88. The minimum Gasteiger partial charge on any atom is -0.379 e. The van der Waals surface area contributed by atoms with Gasteiger partial charge in [0.15, 0.2) is 0 Å². The minimum atomic E-state index is 0.172. The van der Waals surface area contributed by atoms with Crippen LogP contribution in [-0.4, -0.2) is 32.5 Å². The summed E-state index contributed by atoms with van der Waals surface area (Å²) in [5.74, 6) is 0.483. The standard InChI is InChI=1S/C10H23NO2/c1-4-5-12-6-7-13-10(8-11)9(2)3/h9-10H,4-8,11H2,1-3H3. The zero-order valence-electron chi connectivity index (χ0n) is 9.08. The average molecular weight is 189 g/mol. The van der Waals surface area contributed by atoms with E-state index in [9.17, 15) is 0 Å². The molecule has 0 aromatic carbocycles. The van der Waals surface area contributed by atoms with Crippen LogP contribution in [0.2, 0.25) is 0 Å². The summed E-state index contributed by atoms with van der Waals surface area (Å²) in [6, 6.07) is 0. The van der Waals surface area contributed by atoms with Crippen molar-refractivity contribution in [2.24, 2.45) is 11.7 Å². The second-order valence-corrected chi connectivity index (χ2v) is 3.50. The van der Waals surface area contributed by atoms with Crippen LogP contribution in [0.5, 0.6) is 0 Å². The van der Waals surface area contributed by atoms with E-state index in [2.05, 4.69) is 20.8 Å². The van der Waals surface area contributed by atoms with E-state index in [1.165, 1.54) is 0 Å². The molecule has 0 aromatic rings. The lowest BCUT2D eigenvalue weighted by atomic mass is 10.1. The maximum atomic E-state index is 5.55. The molecule has 0 saturated heterocycles. The van der Waals surface area contributed by atoms with Crippen molar-refractivity contribution in [1.82, 2.24) is 0 Å². The number of hydrogen-bond donors (Lipinski definition) is 1. The monoisotopic (exact) mass is 189 g/mol. The van der Waals surface area contributed by atoms with Crippen molar-refractivity contribution < 1.29 is 9.47 Å². The van der Waals surface area contributed by atoms with Gasteiger partial charge in [0.05, 0.1) is 19.3 Å². The third kappa shape index (κ3) is 6.99. The number of hydrogen-bond acceptors (Lipinski definition) is 3. The highest BCUT2D eigenvalue weighted by atomic mass is 16.5. The van der Waals surface area contributed by atoms with Gasteiger partial charge in [0.25, 0.3) is 0 Å². The maximum Gasteiger partial charge on any atom is 0.0721 e. The highest BCUT2D eigenvalue weighted by Gasteiger charge is 2.10. The first kappa shape index (κ1) is 12.9. The van der Waals surface area contributed by atoms with Crippen molar-refractivity contribution in [3.63, 3.8) is 0 Å². The molecule has 80 valence electrons. The molecule has 0 radical (unpaired) electrons. The molecule has 0 fully saturated rings. The highest BCUT2D eigenvalue weighted by Crippen LogP contribution is 2.04. The Morgan fingerprint density at radius 2 is 1.85 bits per heavy atom. The Morgan fingerprint density at radius 3 is 2.31 bits per heavy atom. The van der Waals surface area contributed by atoms with E-state index in [0.717, 1.165) is 13.0 Å². The quantitative estimate of drug-likeness (QED) is 0.587. The molecule has 13 heavy (non-hydrogen) atoms. The number of nitrogens with two attached hydrogens (primary N) is 1. The van der Waals surface area contributed by atoms with Gasteiger partial charge in [0.2, 0.25) is 0 Å². The minimum absolute atomic E-state index is 0.172. The van der Waals surface area contributed by atoms with Gasteiger partial charge in [-0.05, 0) is 12.3 Å². The number of rotatable bonds is 8. The second-order valence-electron chi connectivity index (χ2n) is 3.50. The Hall–Kier alpha value is -0.120. The predicted molar refractivity (Wildman–Crippen MR) is 54.7 cm³/mol. The summed E-state index contributed by atoms with van der Waals surface area (Å²) in [4.78, 5) is 0. The molecule has 0 aromatic heterocycles. The largest absolute Gasteiger partial charge is 0.379 e. The third-order valence-corrected chi connectivity index (χ3v) is 1.88. The molecule has 0 aliphatic heterocycles. The van der Waals surface area contributed by atoms with Gasteiger partial charge >= 0.3 is 0 Å². The van der Waals surface area contributed by atoms with Crippen molar-refractivity contribution in [3.05, 3.63) is 0 Å². The van der Waals surface area contributed by atoms with Gasteiger partial charge < -0.3 is 15.2 Å². The van der Waals surface area contributed by atoms with Crippen LogP contribution in [0.3, 0.4) is 0 Å². The normalized spacial score (nSPS) is 13.6. The Bertz CT molecular complexity index is 107. The second kappa shape index (κ2) is 8.48. The van der Waals surface area contributed by atoms with E-state index in [4.69, 9.17) is 15.2 Å². The van der Waals surface area contributed by atoms with Crippen molar-refractivity contribution in [2.75, 3.05) is 26.4 Å². The smallest absolute Gasteiger partial charge is 0.0721 e. The SMILES string of the molecule is CCCOCCOC(CN)C(C)C. The van der Waals surface area contributed by atoms with Crippen LogP contribution in [-0.2, 0) is 9.47 Å². The molecule has 2 N–H and O–H groups in total. The fourth-order valence-electron chi connectivity index (χ4n) is 1.04. The Kier molecular flexibility index (Phi) is 8.40. The molecule has 0 heterocycles. The zero-order chi connectivity index (χ0) is 10.1. The zero-order valence-corrected chi connectivity index (χ0v) is 9.08. The summed E-state index contributed by atoms with van der Waals surface area (Å²) in [5, 5.41) is 0. The van der Waals surface area contributed by atoms with Gasteiger partial charge in [-0.1, -0.05) is 20.8 Å². The van der Waals surface area contributed by atoms with E-state index in [1.54, 1.807) is 0 Å². The molecular weight excluding hydrogens is 166 g/mol. The van der Waals surface area contributed by atoms with Gasteiger partial charge in [-0.2, -0.15) is 0 Å². The van der Waals surface area contributed by atoms with Crippen LogP contribution >= 0.6 is 0 Å². The summed E-state index contributed by atoms with van der Waals surface area (Å²) in [5.41, 5.74) is 5.55. The summed E-state index contributed by atoms with van der Waals surface area (Å²) in [7, 11) is 0. The topological polar surface area (TPSA) is 44.5 Å². The molecule has 0 aliphatic rings. The van der Waals surface area contributed by atoms with Crippen molar-refractivity contribution in [3.8, 4) is 0 Å². The average Bonchev–Trinajstić information content (AvgIpc) is 2.10. The fraction of sp³-hybridized carbons (Fsp3) is 1.00. The summed E-state index contributed by atoms with van der Waals surface area (Å²) < 4.78 is 10.8. The molecule has 0 rings (SSSR count). The molecule has 3 nitrogen and oxygen atoms in total. The van der Waals surface area contributed by atoms with Gasteiger partial charge in [-0.15, -0.1) is 0 Å². The van der Waals surface area contributed by atoms with Crippen molar-refractivity contribution in [1.29, 1.82) is 0 Å². The molecule has 0 amide bonds. The molecule has 0 aliphatic carbocycles.